The lowest BCUT2D eigenvalue weighted by Gasteiger charge is -2.33. The standard InChI is InChI=1S/C15H24N4O2S.2ClH/c1-9(2)3-13-17-18-14(22-13)19-5-11-10(6-20)12-4-16-7-15(11,8-19)21-12;;/h9-12,16,20H,3-8H2,1-2H3;2*1H/t10-,11+,12+,15+;;/m0../s1. The number of rotatable bonds is 4. The Kier molecular flexibility index (Phi) is 6.37. The lowest BCUT2D eigenvalue weighted by molar-refractivity contribution is -0.0653. The molecule has 0 amide bonds. The Hall–Kier alpha value is -0.180. The van der Waals surface area contributed by atoms with Crippen molar-refractivity contribution < 1.29 is 9.84 Å². The number of nitrogens with one attached hydrogen (secondary N) is 1. The average Bonchev–Trinajstić information content (AvgIpc) is 3.10. The molecular formula is C15H26Cl2N4O2S. The summed E-state index contributed by atoms with van der Waals surface area (Å²) in [5.41, 5.74) is -0.153. The molecule has 4 rings (SSSR count). The monoisotopic (exact) mass is 396 g/mol. The van der Waals surface area contributed by atoms with Crippen LogP contribution in [-0.4, -0.2) is 59.8 Å². The average molecular weight is 397 g/mol. The smallest absolute Gasteiger partial charge is 0.208 e. The zero-order chi connectivity index (χ0) is 15.3. The van der Waals surface area contributed by atoms with E-state index in [2.05, 4.69) is 34.3 Å². The predicted molar refractivity (Wildman–Crippen MR) is 99.7 cm³/mol. The summed E-state index contributed by atoms with van der Waals surface area (Å²) in [5.74, 6) is 1.22. The molecule has 1 spiro atoms. The Morgan fingerprint density at radius 1 is 1.42 bits per heavy atom. The van der Waals surface area contributed by atoms with Crippen molar-refractivity contribution in [3.63, 3.8) is 0 Å². The number of halogens is 2. The molecule has 24 heavy (non-hydrogen) atoms. The van der Waals surface area contributed by atoms with Crippen LogP contribution in [0.2, 0.25) is 0 Å². The normalized spacial score (nSPS) is 34.0. The van der Waals surface area contributed by atoms with Crippen molar-refractivity contribution in [2.24, 2.45) is 17.8 Å². The van der Waals surface area contributed by atoms with Gasteiger partial charge in [-0.2, -0.15) is 0 Å². The van der Waals surface area contributed by atoms with Gasteiger partial charge in [-0.15, -0.1) is 35.0 Å². The predicted octanol–water partition coefficient (Wildman–Crippen LogP) is 1.37. The van der Waals surface area contributed by atoms with Crippen molar-refractivity contribution in [3.05, 3.63) is 5.01 Å². The number of hydrogen-bond acceptors (Lipinski definition) is 7. The Morgan fingerprint density at radius 2 is 2.21 bits per heavy atom. The molecule has 9 heteroatoms. The molecule has 0 unspecified atom stereocenters. The second-order valence-corrected chi connectivity index (χ2v) is 8.30. The molecule has 1 aromatic heterocycles. The Bertz CT molecular complexity index is 561. The van der Waals surface area contributed by atoms with Crippen LogP contribution in [0.4, 0.5) is 5.13 Å². The highest BCUT2D eigenvalue weighted by Gasteiger charge is 2.61. The van der Waals surface area contributed by atoms with Crippen molar-refractivity contribution in [3.8, 4) is 0 Å². The molecule has 0 aliphatic carbocycles. The van der Waals surface area contributed by atoms with Crippen LogP contribution in [0, 0.1) is 17.8 Å². The molecule has 3 fully saturated rings. The van der Waals surface area contributed by atoms with Crippen LogP contribution in [0.5, 0.6) is 0 Å². The molecule has 2 bridgehead atoms. The summed E-state index contributed by atoms with van der Waals surface area (Å²) in [6.07, 6.45) is 1.15. The second-order valence-electron chi connectivity index (χ2n) is 7.26. The van der Waals surface area contributed by atoms with Crippen molar-refractivity contribution in [1.29, 1.82) is 0 Å². The maximum atomic E-state index is 9.77. The molecule has 2 N–H and O–H groups in total. The molecule has 138 valence electrons. The van der Waals surface area contributed by atoms with E-state index in [0.717, 1.165) is 42.7 Å². The largest absolute Gasteiger partial charge is 0.396 e. The topological polar surface area (TPSA) is 70.5 Å². The number of fused-ring (bicyclic) bond motifs is 1. The van der Waals surface area contributed by atoms with Gasteiger partial charge in [-0.3, -0.25) is 0 Å². The molecule has 4 heterocycles. The minimum atomic E-state index is -0.153. The molecular weight excluding hydrogens is 371 g/mol. The molecule has 6 nitrogen and oxygen atoms in total. The van der Waals surface area contributed by atoms with Gasteiger partial charge >= 0.3 is 0 Å². The molecule has 0 saturated carbocycles. The van der Waals surface area contributed by atoms with E-state index >= 15 is 0 Å². The van der Waals surface area contributed by atoms with Gasteiger partial charge in [-0.05, 0) is 5.92 Å². The summed E-state index contributed by atoms with van der Waals surface area (Å²) in [7, 11) is 0. The Balaban J connectivity index is 0.00000104. The van der Waals surface area contributed by atoms with E-state index in [1.165, 1.54) is 0 Å². The van der Waals surface area contributed by atoms with Crippen LogP contribution in [0.1, 0.15) is 18.9 Å². The fourth-order valence-corrected chi connectivity index (χ4v) is 5.31. The zero-order valence-corrected chi connectivity index (χ0v) is 16.4. The van der Waals surface area contributed by atoms with Gasteiger partial charge in [0.2, 0.25) is 5.13 Å². The number of aromatic nitrogens is 2. The van der Waals surface area contributed by atoms with Gasteiger partial charge in [0.15, 0.2) is 0 Å². The first-order chi connectivity index (χ1) is 10.6. The molecule has 1 aromatic rings. The van der Waals surface area contributed by atoms with Crippen LogP contribution >= 0.6 is 36.2 Å². The van der Waals surface area contributed by atoms with Gasteiger partial charge in [-0.1, -0.05) is 25.2 Å². The quantitative estimate of drug-likeness (QED) is 0.800. The fraction of sp³-hybridized carbons (Fsp3) is 0.867. The lowest BCUT2D eigenvalue weighted by Crippen LogP contribution is -2.52. The third-order valence-electron chi connectivity index (χ3n) is 5.22. The van der Waals surface area contributed by atoms with Gasteiger partial charge in [-0.25, -0.2) is 0 Å². The summed E-state index contributed by atoms with van der Waals surface area (Å²) < 4.78 is 6.33. The van der Waals surface area contributed by atoms with Crippen LogP contribution in [0.15, 0.2) is 0 Å². The Labute approximate surface area is 159 Å². The van der Waals surface area contributed by atoms with E-state index in [1.807, 2.05) is 0 Å². The van der Waals surface area contributed by atoms with Crippen LogP contribution in [0.25, 0.3) is 0 Å². The van der Waals surface area contributed by atoms with Crippen molar-refractivity contribution in [2.75, 3.05) is 37.7 Å². The highest BCUT2D eigenvalue weighted by Crippen LogP contribution is 2.48. The summed E-state index contributed by atoms with van der Waals surface area (Å²) in [6, 6.07) is 0. The van der Waals surface area contributed by atoms with Crippen molar-refractivity contribution >= 4 is 41.3 Å². The molecule has 0 radical (unpaired) electrons. The van der Waals surface area contributed by atoms with E-state index in [-0.39, 0.29) is 49.0 Å². The number of aliphatic hydroxyl groups is 1. The number of aliphatic hydroxyl groups excluding tert-OH is 1. The van der Waals surface area contributed by atoms with E-state index in [9.17, 15) is 5.11 Å². The van der Waals surface area contributed by atoms with Gasteiger partial charge < -0.3 is 20.1 Å². The van der Waals surface area contributed by atoms with Gasteiger partial charge in [0.25, 0.3) is 0 Å². The third-order valence-corrected chi connectivity index (χ3v) is 6.23. The first kappa shape index (κ1) is 20.1. The maximum absolute atomic E-state index is 9.77. The summed E-state index contributed by atoms with van der Waals surface area (Å²) in [5, 5.41) is 24.1. The lowest BCUT2D eigenvalue weighted by atomic mass is 9.83. The number of nitrogens with zero attached hydrogens (tertiary/aromatic N) is 3. The number of ether oxygens (including phenoxy) is 1. The van der Waals surface area contributed by atoms with Crippen molar-refractivity contribution in [2.45, 2.75) is 32.0 Å². The van der Waals surface area contributed by atoms with E-state index < -0.39 is 0 Å². The minimum absolute atomic E-state index is 0. The third kappa shape index (κ3) is 3.27. The molecule has 3 aliphatic rings. The van der Waals surface area contributed by atoms with Crippen LogP contribution in [-0.2, 0) is 11.2 Å². The Morgan fingerprint density at radius 3 is 2.92 bits per heavy atom. The highest BCUT2D eigenvalue weighted by atomic mass is 35.5. The summed E-state index contributed by atoms with van der Waals surface area (Å²) >= 11 is 1.70. The number of morpholine rings is 1. The molecule has 3 saturated heterocycles. The summed E-state index contributed by atoms with van der Waals surface area (Å²) in [6.45, 7) is 8.12. The first-order valence-corrected chi connectivity index (χ1v) is 8.99. The van der Waals surface area contributed by atoms with Crippen LogP contribution in [0.3, 0.4) is 0 Å². The van der Waals surface area contributed by atoms with Crippen LogP contribution < -0.4 is 10.2 Å². The van der Waals surface area contributed by atoms with E-state index in [1.54, 1.807) is 11.3 Å². The maximum Gasteiger partial charge on any atom is 0.208 e. The molecule has 3 aliphatic heterocycles. The SMILES string of the molecule is CC(C)Cc1nnc(N2C[C@@H]3[C@H](CO)[C@H]4CNC[C@]3(C2)O4)s1.Cl.Cl. The van der Waals surface area contributed by atoms with Crippen molar-refractivity contribution in [1.82, 2.24) is 15.5 Å². The fourth-order valence-electron chi connectivity index (χ4n) is 4.25. The molecule has 4 atom stereocenters. The minimum Gasteiger partial charge on any atom is -0.396 e. The van der Waals surface area contributed by atoms with Gasteiger partial charge in [0, 0.05) is 44.5 Å². The second kappa shape index (κ2) is 7.60. The molecule has 0 aromatic carbocycles. The zero-order valence-electron chi connectivity index (χ0n) is 14.0. The number of anilines is 1. The summed E-state index contributed by atoms with van der Waals surface area (Å²) in [4.78, 5) is 2.30. The van der Waals surface area contributed by atoms with E-state index in [4.69, 9.17) is 4.74 Å². The number of hydrogen-bond donors (Lipinski definition) is 2. The van der Waals surface area contributed by atoms with E-state index in [0.29, 0.717) is 11.8 Å². The van der Waals surface area contributed by atoms with Gasteiger partial charge in [0.1, 0.15) is 10.6 Å². The first-order valence-electron chi connectivity index (χ1n) is 8.18. The van der Waals surface area contributed by atoms with Gasteiger partial charge in [0.05, 0.1) is 12.6 Å². The highest BCUT2D eigenvalue weighted by molar-refractivity contribution is 7.15.